The lowest BCUT2D eigenvalue weighted by Crippen LogP contribution is -2.16. The van der Waals surface area contributed by atoms with Crippen molar-refractivity contribution < 1.29 is 9.53 Å². The zero-order valence-electron chi connectivity index (χ0n) is 16.3. The standard InChI is InChI=1S/C22H24N4O2/c1-15(2)28-20-7-5-4-6-18(20)26-22(27)19-13-25-21(14-23-19)24-12-17-10-8-16(3)9-11-17/h4-11,13-15H,12H2,1-3H3,(H,24,25)(H,26,27). The van der Waals surface area contributed by atoms with Crippen molar-refractivity contribution in [3.63, 3.8) is 0 Å². The molecule has 1 aromatic heterocycles. The SMILES string of the molecule is Cc1ccc(CNc2cnc(C(=O)Nc3ccccc3OC(C)C)cn2)cc1. The zero-order valence-corrected chi connectivity index (χ0v) is 16.3. The second kappa shape index (κ2) is 8.99. The molecule has 6 heteroatoms. The molecule has 1 amide bonds. The summed E-state index contributed by atoms with van der Waals surface area (Å²) in [5, 5.41) is 6.03. The van der Waals surface area contributed by atoms with Gasteiger partial charge in [-0.1, -0.05) is 42.0 Å². The Hall–Kier alpha value is -3.41. The number of amides is 1. The third-order valence-corrected chi connectivity index (χ3v) is 3.98. The lowest BCUT2D eigenvalue weighted by atomic mass is 10.1. The van der Waals surface area contributed by atoms with E-state index in [2.05, 4.69) is 51.8 Å². The Morgan fingerprint density at radius 1 is 1.04 bits per heavy atom. The number of carbonyl (C=O) groups excluding carboxylic acids is 1. The molecule has 0 atom stereocenters. The molecule has 0 aliphatic carbocycles. The van der Waals surface area contributed by atoms with Crippen LogP contribution in [-0.2, 0) is 6.54 Å². The van der Waals surface area contributed by atoms with E-state index in [1.807, 2.05) is 32.0 Å². The normalized spacial score (nSPS) is 10.6. The van der Waals surface area contributed by atoms with Crippen molar-refractivity contribution in [3.8, 4) is 5.75 Å². The van der Waals surface area contributed by atoms with E-state index in [1.165, 1.54) is 11.8 Å². The number of anilines is 2. The van der Waals surface area contributed by atoms with Gasteiger partial charge in [0.05, 0.1) is 24.2 Å². The molecule has 2 aromatic carbocycles. The summed E-state index contributed by atoms with van der Waals surface area (Å²) in [7, 11) is 0. The Kier molecular flexibility index (Phi) is 6.22. The predicted octanol–water partition coefficient (Wildman–Crippen LogP) is 4.44. The van der Waals surface area contributed by atoms with E-state index in [4.69, 9.17) is 4.74 Å². The smallest absolute Gasteiger partial charge is 0.275 e. The molecule has 0 saturated heterocycles. The van der Waals surface area contributed by atoms with Gasteiger partial charge in [0.15, 0.2) is 0 Å². The van der Waals surface area contributed by atoms with Gasteiger partial charge in [0, 0.05) is 6.54 Å². The van der Waals surface area contributed by atoms with E-state index in [-0.39, 0.29) is 17.7 Å². The monoisotopic (exact) mass is 376 g/mol. The fourth-order valence-electron chi connectivity index (χ4n) is 2.55. The highest BCUT2D eigenvalue weighted by Crippen LogP contribution is 2.25. The minimum absolute atomic E-state index is 0.0109. The van der Waals surface area contributed by atoms with Crippen LogP contribution in [0.3, 0.4) is 0 Å². The van der Waals surface area contributed by atoms with Crippen molar-refractivity contribution in [2.75, 3.05) is 10.6 Å². The summed E-state index contributed by atoms with van der Waals surface area (Å²) >= 11 is 0. The van der Waals surface area contributed by atoms with Gasteiger partial charge in [0.1, 0.15) is 17.3 Å². The molecule has 0 bridgehead atoms. The average molecular weight is 376 g/mol. The van der Waals surface area contributed by atoms with Gasteiger partial charge >= 0.3 is 0 Å². The molecule has 28 heavy (non-hydrogen) atoms. The van der Waals surface area contributed by atoms with Crippen molar-refractivity contribution >= 4 is 17.4 Å². The maximum atomic E-state index is 12.5. The van der Waals surface area contributed by atoms with Crippen LogP contribution in [0.4, 0.5) is 11.5 Å². The van der Waals surface area contributed by atoms with Gasteiger partial charge in [-0.2, -0.15) is 0 Å². The largest absolute Gasteiger partial charge is 0.489 e. The van der Waals surface area contributed by atoms with E-state index >= 15 is 0 Å². The van der Waals surface area contributed by atoms with Crippen LogP contribution in [0.5, 0.6) is 5.75 Å². The van der Waals surface area contributed by atoms with Crippen LogP contribution >= 0.6 is 0 Å². The molecule has 0 spiro atoms. The third-order valence-electron chi connectivity index (χ3n) is 3.98. The van der Waals surface area contributed by atoms with Crippen molar-refractivity contribution in [3.05, 3.63) is 77.7 Å². The number of nitrogens with one attached hydrogen (secondary N) is 2. The van der Waals surface area contributed by atoms with Gasteiger partial charge in [0.2, 0.25) is 0 Å². The highest BCUT2D eigenvalue weighted by Gasteiger charge is 2.12. The fourth-order valence-corrected chi connectivity index (χ4v) is 2.55. The van der Waals surface area contributed by atoms with E-state index in [1.54, 1.807) is 12.3 Å². The number of aromatic nitrogens is 2. The molecule has 3 aromatic rings. The van der Waals surface area contributed by atoms with Crippen molar-refractivity contribution in [1.82, 2.24) is 9.97 Å². The summed E-state index contributed by atoms with van der Waals surface area (Å²) in [5.41, 5.74) is 3.21. The number of rotatable bonds is 7. The van der Waals surface area contributed by atoms with E-state index in [0.717, 1.165) is 5.56 Å². The highest BCUT2D eigenvalue weighted by atomic mass is 16.5. The summed E-state index contributed by atoms with van der Waals surface area (Å²) in [6, 6.07) is 15.6. The number of nitrogens with zero attached hydrogens (tertiary/aromatic N) is 2. The molecule has 144 valence electrons. The Morgan fingerprint density at radius 2 is 1.79 bits per heavy atom. The fraction of sp³-hybridized carbons (Fsp3) is 0.227. The molecular weight excluding hydrogens is 352 g/mol. The molecule has 0 aliphatic heterocycles. The molecule has 0 saturated carbocycles. The first kappa shape index (κ1) is 19.4. The second-order valence-electron chi connectivity index (χ2n) is 6.74. The van der Waals surface area contributed by atoms with Crippen molar-refractivity contribution in [2.45, 2.75) is 33.4 Å². The minimum Gasteiger partial charge on any atom is -0.489 e. The van der Waals surface area contributed by atoms with Crippen molar-refractivity contribution in [2.24, 2.45) is 0 Å². The van der Waals surface area contributed by atoms with Gasteiger partial charge in [-0.05, 0) is 38.5 Å². The molecule has 0 radical (unpaired) electrons. The van der Waals surface area contributed by atoms with Gasteiger partial charge in [-0.25, -0.2) is 9.97 Å². The van der Waals surface area contributed by atoms with Crippen LogP contribution in [0, 0.1) is 6.92 Å². The maximum Gasteiger partial charge on any atom is 0.275 e. The summed E-state index contributed by atoms with van der Waals surface area (Å²) in [5.74, 6) is 0.897. The lowest BCUT2D eigenvalue weighted by molar-refractivity contribution is 0.102. The number of ether oxygens (including phenoxy) is 1. The Balaban J connectivity index is 1.61. The first-order valence-electron chi connectivity index (χ1n) is 9.20. The predicted molar refractivity (Wildman–Crippen MR) is 111 cm³/mol. The summed E-state index contributed by atoms with van der Waals surface area (Å²) in [6.45, 7) is 6.57. The van der Waals surface area contributed by atoms with Crippen LogP contribution in [0.2, 0.25) is 0 Å². The van der Waals surface area contributed by atoms with Gasteiger partial charge in [-0.15, -0.1) is 0 Å². The average Bonchev–Trinajstić information content (AvgIpc) is 2.69. The first-order valence-corrected chi connectivity index (χ1v) is 9.20. The van der Waals surface area contributed by atoms with Gasteiger partial charge < -0.3 is 15.4 Å². The Labute approximate surface area is 165 Å². The number of carbonyl (C=O) groups is 1. The molecule has 2 N–H and O–H groups in total. The molecule has 0 unspecified atom stereocenters. The zero-order chi connectivity index (χ0) is 19.9. The number of benzene rings is 2. The minimum atomic E-state index is -0.336. The van der Waals surface area contributed by atoms with Crippen LogP contribution in [0.25, 0.3) is 0 Å². The first-order chi connectivity index (χ1) is 13.5. The Morgan fingerprint density at radius 3 is 2.46 bits per heavy atom. The molecule has 0 aliphatic rings. The topological polar surface area (TPSA) is 76.1 Å². The van der Waals surface area contributed by atoms with E-state index < -0.39 is 0 Å². The van der Waals surface area contributed by atoms with Crippen molar-refractivity contribution in [1.29, 1.82) is 0 Å². The van der Waals surface area contributed by atoms with Crippen LogP contribution in [0.1, 0.15) is 35.5 Å². The number of aryl methyl sites for hydroxylation is 1. The highest BCUT2D eigenvalue weighted by molar-refractivity contribution is 6.03. The molecule has 1 heterocycles. The summed E-state index contributed by atoms with van der Waals surface area (Å²) in [4.78, 5) is 21.0. The number of hydrogen-bond acceptors (Lipinski definition) is 5. The molecular formula is C22H24N4O2. The quantitative estimate of drug-likeness (QED) is 0.638. The number of hydrogen-bond donors (Lipinski definition) is 2. The van der Waals surface area contributed by atoms with E-state index in [0.29, 0.717) is 23.8 Å². The van der Waals surface area contributed by atoms with Gasteiger partial charge in [-0.3, -0.25) is 4.79 Å². The second-order valence-corrected chi connectivity index (χ2v) is 6.74. The van der Waals surface area contributed by atoms with Crippen LogP contribution in [-0.4, -0.2) is 22.0 Å². The summed E-state index contributed by atoms with van der Waals surface area (Å²) < 4.78 is 5.72. The summed E-state index contributed by atoms with van der Waals surface area (Å²) in [6.07, 6.45) is 3.02. The molecule has 0 fully saturated rings. The number of para-hydroxylation sites is 2. The van der Waals surface area contributed by atoms with Gasteiger partial charge in [0.25, 0.3) is 5.91 Å². The molecule has 6 nitrogen and oxygen atoms in total. The van der Waals surface area contributed by atoms with E-state index in [9.17, 15) is 4.79 Å². The third kappa shape index (κ3) is 5.30. The van der Waals surface area contributed by atoms with Crippen LogP contribution in [0.15, 0.2) is 60.9 Å². The molecule has 3 rings (SSSR count). The maximum absolute atomic E-state index is 12.5. The lowest BCUT2D eigenvalue weighted by Gasteiger charge is -2.14. The Bertz CT molecular complexity index is 922. The van der Waals surface area contributed by atoms with Crippen LogP contribution < -0.4 is 15.4 Å².